The predicted octanol–water partition coefficient (Wildman–Crippen LogP) is 2.68. The number of rotatable bonds is 6. The van der Waals surface area contributed by atoms with Gasteiger partial charge in [0.25, 0.3) is 0 Å². The van der Waals surface area contributed by atoms with E-state index in [1.807, 2.05) is 18.2 Å². The Morgan fingerprint density at radius 1 is 1.16 bits per heavy atom. The van der Waals surface area contributed by atoms with E-state index in [-0.39, 0.29) is 11.9 Å². The highest BCUT2D eigenvalue weighted by atomic mass is 31.0. The van der Waals surface area contributed by atoms with Crippen molar-refractivity contribution in [3.8, 4) is 0 Å². The van der Waals surface area contributed by atoms with Crippen molar-refractivity contribution >= 4 is 20.5 Å². The van der Waals surface area contributed by atoms with Crippen molar-refractivity contribution in [2.45, 2.75) is 44.2 Å². The maximum Gasteiger partial charge on any atom is 0.224 e. The van der Waals surface area contributed by atoms with Crippen molar-refractivity contribution in [3.63, 3.8) is 0 Å². The van der Waals surface area contributed by atoms with E-state index in [1.54, 1.807) is 0 Å². The summed E-state index contributed by atoms with van der Waals surface area (Å²) in [6.07, 6.45) is 4.28. The highest BCUT2D eigenvalue weighted by molar-refractivity contribution is 7.27. The van der Waals surface area contributed by atoms with Crippen LogP contribution < -0.4 is 11.0 Å². The fourth-order valence-corrected chi connectivity index (χ4v) is 4.00. The Bertz CT molecular complexity index is 704. The lowest BCUT2D eigenvalue weighted by atomic mass is 10.0. The van der Waals surface area contributed by atoms with E-state index < -0.39 is 0 Å². The molecule has 3 nitrogen and oxygen atoms in total. The maximum atomic E-state index is 12.8. The van der Waals surface area contributed by atoms with Gasteiger partial charge in [-0.2, -0.15) is 0 Å². The number of benzene rings is 2. The van der Waals surface area contributed by atoms with Crippen LogP contribution in [0.2, 0.25) is 0 Å². The molecule has 132 valence electrons. The minimum absolute atomic E-state index is 0.132. The van der Waals surface area contributed by atoms with Crippen LogP contribution >= 0.6 is 9.24 Å². The Kier molecular flexibility index (Phi) is 6.23. The monoisotopic (exact) mass is 354 g/mol. The zero-order valence-electron chi connectivity index (χ0n) is 14.6. The summed E-state index contributed by atoms with van der Waals surface area (Å²) in [5.74, 6) is 0.201. The van der Waals surface area contributed by atoms with Gasteiger partial charge in [-0.3, -0.25) is 4.79 Å². The Morgan fingerprint density at radius 2 is 1.88 bits per heavy atom. The molecule has 2 unspecified atom stereocenters. The first kappa shape index (κ1) is 18.1. The molecule has 1 aliphatic rings. The molecule has 0 saturated carbocycles. The highest BCUT2D eigenvalue weighted by Gasteiger charge is 2.29. The summed E-state index contributed by atoms with van der Waals surface area (Å²) in [6, 6.07) is 18.8. The molecule has 1 saturated heterocycles. The first-order valence-electron chi connectivity index (χ1n) is 9.06. The number of hydrogen-bond donors (Lipinski definition) is 1. The Labute approximate surface area is 152 Å². The number of likely N-dealkylation sites (tertiary alicyclic amines) is 1. The fourth-order valence-electron chi connectivity index (χ4n) is 3.68. The molecule has 0 aromatic heterocycles. The van der Waals surface area contributed by atoms with Crippen LogP contribution in [0.25, 0.3) is 0 Å². The summed E-state index contributed by atoms with van der Waals surface area (Å²) in [6.45, 7) is 0.864. The molecule has 2 aromatic carbocycles. The van der Waals surface area contributed by atoms with Crippen LogP contribution in [0.15, 0.2) is 54.6 Å². The largest absolute Gasteiger partial charge is 0.339 e. The lowest BCUT2D eigenvalue weighted by Crippen LogP contribution is -2.40. The van der Waals surface area contributed by atoms with Gasteiger partial charge in [0.05, 0.1) is 0 Å². The number of nitrogens with zero attached hydrogens (tertiary/aromatic N) is 1. The van der Waals surface area contributed by atoms with Crippen molar-refractivity contribution < 1.29 is 4.79 Å². The van der Waals surface area contributed by atoms with Gasteiger partial charge < -0.3 is 10.6 Å². The van der Waals surface area contributed by atoms with Crippen LogP contribution in [0, 0.1) is 0 Å². The molecule has 1 fully saturated rings. The van der Waals surface area contributed by atoms with E-state index in [2.05, 4.69) is 50.5 Å². The zero-order chi connectivity index (χ0) is 17.6. The molecule has 4 heteroatoms. The second kappa shape index (κ2) is 8.60. The van der Waals surface area contributed by atoms with Crippen molar-refractivity contribution in [3.05, 3.63) is 65.7 Å². The molecule has 3 atom stereocenters. The molecule has 1 aliphatic heterocycles. The minimum Gasteiger partial charge on any atom is -0.339 e. The smallest absolute Gasteiger partial charge is 0.224 e. The molecule has 1 amide bonds. The number of carbonyl (C=O) groups is 1. The van der Waals surface area contributed by atoms with Crippen LogP contribution in [0.5, 0.6) is 0 Å². The van der Waals surface area contributed by atoms with E-state index in [9.17, 15) is 4.79 Å². The van der Waals surface area contributed by atoms with Gasteiger partial charge in [-0.05, 0) is 42.1 Å². The molecule has 0 spiro atoms. The number of amides is 1. The Balaban J connectivity index is 1.57. The van der Waals surface area contributed by atoms with E-state index >= 15 is 0 Å². The summed E-state index contributed by atoms with van der Waals surface area (Å²) >= 11 is 0. The fraction of sp³-hybridized carbons (Fsp3) is 0.381. The van der Waals surface area contributed by atoms with E-state index in [0.29, 0.717) is 12.5 Å². The van der Waals surface area contributed by atoms with Crippen LogP contribution in [0.3, 0.4) is 0 Å². The van der Waals surface area contributed by atoms with Gasteiger partial charge in [0.2, 0.25) is 5.91 Å². The third-order valence-corrected chi connectivity index (χ3v) is 5.55. The molecule has 25 heavy (non-hydrogen) atoms. The molecule has 2 aromatic rings. The second-order valence-electron chi connectivity index (χ2n) is 6.94. The first-order valence-corrected chi connectivity index (χ1v) is 9.63. The van der Waals surface area contributed by atoms with Crippen molar-refractivity contribution in [2.24, 2.45) is 5.73 Å². The maximum absolute atomic E-state index is 12.8. The normalized spacial score (nSPS) is 18.3. The van der Waals surface area contributed by atoms with Crippen LogP contribution in [0.4, 0.5) is 0 Å². The average Bonchev–Trinajstić information content (AvgIpc) is 3.06. The van der Waals surface area contributed by atoms with Gasteiger partial charge >= 0.3 is 0 Å². The third-order valence-electron chi connectivity index (χ3n) is 4.99. The predicted molar refractivity (Wildman–Crippen MR) is 107 cm³/mol. The quantitative estimate of drug-likeness (QED) is 0.811. The summed E-state index contributed by atoms with van der Waals surface area (Å²) < 4.78 is 0. The summed E-state index contributed by atoms with van der Waals surface area (Å²) in [4.78, 5) is 14.8. The third kappa shape index (κ3) is 4.90. The Morgan fingerprint density at radius 3 is 2.64 bits per heavy atom. The summed E-state index contributed by atoms with van der Waals surface area (Å²) in [5.41, 5.74) is 8.79. The van der Waals surface area contributed by atoms with Crippen LogP contribution in [-0.4, -0.2) is 29.4 Å². The average molecular weight is 354 g/mol. The molecule has 0 aliphatic carbocycles. The van der Waals surface area contributed by atoms with Crippen molar-refractivity contribution in [1.29, 1.82) is 0 Å². The lowest BCUT2D eigenvalue weighted by molar-refractivity contribution is -0.132. The van der Waals surface area contributed by atoms with Crippen LogP contribution in [0.1, 0.15) is 30.4 Å². The zero-order valence-corrected chi connectivity index (χ0v) is 15.8. The van der Waals surface area contributed by atoms with Gasteiger partial charge in [0.15, 0.2) is 0 Å². The second-order valence-corrected chi connectivity index (χ2v) is 7.56. The molecular formula is C21H27N2OP. The Hall–Kier alpha value is -1.70. The standard InChI is InChI=1S/C21H27N2OP/c22-18(14-17-9-4-5-11-20(17)25)15-21(24)23-12-6-10-19(23)13-16-7-2-1-3-8-16/h1-5,7-9,11,18-19H,6,10,12-15,22,25H2/t18-,19?/m1/s1. The first-order chi connectivity index (χ1) is 12.1. The van der Waals surface area contributed by atoms with E-state index in [4.69, 9.17) is 5.73 Å². The summed E-state index contributed by atoms with van der Waals surface area (Å²) in [7, 11) is 2.74. The minimum atomic E-state index is -0.132. The topological polar surface area (TPSA) is 46.3 Å². The van der Waals surface area contributed by atoms with E-state index in [1.165, 1.54) is 11.1 Å². The number of hydrogen-bond acceptors (Lipinski definition) is 2. The molecule has 3 rings (SSSR count). The highest BCUT2D eigenvalue weighted by Crippen LogP contribution is 2.22. The van der Waals surface area contributed by atoms with Gasteiger partial charge in [-0.25, -0.2) is 0 Å². The molecule has 0 radical (unpaired) electrons. The van der Waals surface area contributed by atoms with Gasteiger partial charge in [0.1, 0.15) is 0 Å². The van der Waals surface area contributed by atoms with Gasteiger partial charge in [0, 0.05) is 25.0 Å². The molecule has 2 N–H and O–H groups in total. The number of nitrogens with two attached hydrogens (primary N) is 1. The molecule has 1 heterocycles. The lowest BCUT2D eigenvalue weighted by Gasteiger charge is -2.26. The van der Waals surface area contributed by atoms with E-state index in [0.717, 1.165) is 37.5 Å². The molecular weight excluding hydrogens is 327 g/mol. The van der Waals surface area contributed by atoms with Gasteiger partial charge in [-0.1, -0.05) is 54.6 Å². The van der Waals surface area contributed by atoms with Crippen molar-refractivity contribution in [1.82, 2.24) is 4.90 Å². The summed E-state index contributed by atoms with van der Waals surface area (Å²) in [5, 5.41) is 1.16. The van der Waals surface area contributed by atoms with Crippen molar-refractivity contribution in [2.75, 3.05) is 6.54 Å². The van der Waals surface area contributed by atoms with Gasteiger partial charge in [-0.15, -0.1) is 9.24 Å². The number of carbonyl (C=O) groups excluding carboxylic acids is 1. The molecule has 0 bridgehead atoms. The SMILES string of the molecule is N[C@@H](CC(=O)N1CCCC1Cc1ccccc1)Cc1ccccc1P. The van der Waals surface area contributed by atoms with Crippen LogP contribution in [-0.2, 0) is 17.6 Å².